The van der Waals surface area contributed by atoms with Crippen LogP contribution in [0.1, 0.15) is 13.8 Å². The predicted molar refractivity (Wildman–Crippen MR) is 124 cm³/mol. The van der Waals surface area contributed by atoms with Gasteiger partial charge in [-0.2, -0.15) is 0 Å². The van der Waals surface area contributed by atoms with E-state index < -0.39 is 29.1 Å². The molecule has 35 heavy (non-hydrogen) atoms. The second kappa shape index (κ2) is 8.43. The topological polar surface area (TPSA) is 96.9 Å². The summed E-state index contributed by atoms with van der Waals surface area (Å²) in [5.41, 5.74) is -1.46. The Bertz CT molecular complexity index is 1150. The fourth-order valence-corrected chi connectivity index (χ4v) is 5.19. The van der Waals surface area contributed by atoms with Crippen LogP contribution in [0.5, 0.6) is 5.75 Å². The lowest BCUT2D eigenvalue weighted by Gasteiger charge is -2.55. The van der Waals surface area contributed by atoms with Crippen LogP contribution in [0.2, 0.25) is 0 Å². The third-order valence-corrected chi connectivity index (χ3v) is 7.19. The van der Waals surface area contributed by atoms with Crippen LogP contribution in [0, 0.1) is 5.82 Å². The number of anilines is 2. The number of phenols is 1. The maximum absolute atomic E-state index is 14.7. The number of piperazine rings is 2. The standard InChI is InChI=1S/C23H28F3N7O2/c1-22(2)11-27-6-7-33(22)21(35)31-8-9-32-17-10-16(14-4-3-5-15(24)18(14)34)29-30-19(17)28-12-23(32,13-31)20(25)26/h3-5,10,20,27,34H,6-9,11-13H2,1-2H3,(H,28,30). The van der Waals surface area contributed by atoms with Gasteiger partial charge in [0, 0.05) is 44.8 Å². The second-order valence-corrected chi connectivity index (χ2v) is 9.85. The molecule has 9 nitrogen and oxygen atoms in total. The number of halogens is 3. The minimum Gasteiger partial charge on any atom is -0.504 e. The summed E-state index contributed by atoms with van der Waals surface area (Å²) in [7, 11) is 0. The van der Waals surface area contributed by atoms with Crippen molar-refractivity contribution in [2.45, 2.75) is 31.4 Å². The maximum Gasteiger partial charge on any atom is 0.320 e. The summed E-state index contributed by atoms with van der Waals surface area (Å²) >= 11 is 0. The van der Waals surface area contributed by atoms with Gasteiger partial charge >= 0.3 is 6.03 Å². The Hall–Kier alpha value is -3.28. The first kappa shape index (κ1) is 23.5. The number of nitrogens with one attached hydrogen (secondary N) is 2. The third kappa shape index (κ3) is 3.79. The van der Waals surface area contributed by atoms with Gasteiger partial charge in [-0.05, 0) is 32.0 Å². The van der Waals surface area contributed by atoms with Crippen molar-refractivity contribution < 1.29 is 23.1 Å². The molecule has 3 aliphatic heterocycles. The zero-order valence-corrected chi connectivity index (χ0v) is 19.6. The molecular weight excluding hydrogens is 463 g/mol. The molecule has 2 amide bonds. The molecule has 2 saturated heterocycles. The Morgan fingerprint density at radius 3 is 2.71 bits per heavy atom. The van der Waals surface area contributed by atoms with Gasteiger partial charge in [-0.1, -0.05) is 6.07 Å². The minimum absolute atomic E-state index is 0.114. The van der Waals surface area contributed by atoms with Gasteiger partial charge in [-0.15, -0.1) is 10.2 Å². The third-order valence-electron chi connectivity index (χ3n) is 7.19. The Labute approximate surface area is 200 Å². The highest BCUT2D eigenvalue weighted by Crippen LogP contribution is 2.42. The summed E-state index contributed by atoms with van der Waals surface area (Å²) in [5.74, 6) is -1.08. The Kier molecular flexibility index (Phi) is 5.65. The number of para-hydroxylation sites is 1. The number of carbonyl (C=O) groups is 1. The Balaban J connectivity index is 1.48. The van der Waals surface area contributed by atoms with Crippen molar-refractivity contribution in [3.8, 4) is 17.0 Å². The van der Waals surface area contributed by atoms with Gasteiger partial charge < -0.3 is 30.4 Å². The minimum atomic E-state index is -2.77. The van der Waals surface area contributed by atoms with Crippen LogP contribution in [0.4, 0.5) is 29.5 Å². The van der Waals surface area contributed by atoms with Crippen molar-refractivity contribution in [1.29, 1.82) is 0 Å². The van der Waals surface area contributed by atoms with Crippen molar-refractivity contribution in [1.82, 2.24) is 25.3 Å². The molecule has 0 bridgehead atoms. The van der Waals surface area contributed by atoms with Crippen molar-refractivity contribution >= 4 is 17.5 Å². The van der Waals surface area contributed by atoms with Crippen molar-refractivity contribution in [3.63, 3.8) is 0 Å². The largest absolute Gasteiger partial charge is 0.504 e. The van der Waals surface area contributed by atoms with E-state index in [4.69, 9.17) is 0 Å². The fraction of sp³-hybridized carbons (Fsp3) is 0.522. The van der Waals surface area contributed by atoms with E-state index >= 15 is 0 Å². The van der Waals surface area contributed by atoms with E-state index in [1.807, 2.05) is 13.8 Å². The highest BCUT2D eigenvalue weighted by atomic mass is 19.3. The van der Waals surface area contributed by atoms with Gasteiger partial charge in [0.25, 0.3) is 6.43 Å². The van der Waals surface area contributed by atoms with Crippen LogP contribution in [0.15, 0.2) is 24.3 Å². The van der Waals surface area contributed by atoms with E-state index in [1.165, 1.54) is 23.1 Å². The number of benzene rings is 1. The molecule has 2 aromatic rings. The van der Waals surface area contributed by atoms with Crippen molar-refractivity contribution in [3.05, 3.63) is 30.1 Å². The van der Waals surface area contributed by atoms with Crippen LogP contribution < -0.4 is 15.5 Å². The maximum atomic E-state index is 14.7. The molecule has 5 rings (SSSR count). The van der Waals surface area contributed by atoms with Crippen molar-refractivity contribution in [2.75, 3.05) is 56.0 Å². The molecule has 0 saturated carbocycles. The number of phenolic OH excluding ortho intramolecular Hbond substituents is 1. The number of hydrogen-bond acceptors (Lipinski definition) is 7. The number of aromatic nitrogens is 2. The molecule has 0 aliphatic carbocycles. The van der Waals surface area contributed by atoms with Crippen molar-refractivity contribution in [2.24, 2.45) is 0 Å². The first-order chi connectivity index (χ1) is 16.6. The number of fused-ring (bicyclic) bond motifs is 3. The first-order valence-electron chi connectivity index (χ1n) is 11.6. The van der Waals surface area contributed by atoms with Crippen LogP contribution >= 0.6 is 0 Å². The van der Waals surface area contributed by atoms with Gasteiger partial charge in [0.1, 0.15) is 5.54 Å². The summed E-state index contributed by atoms with van der Waals surface area (Å²) in [6, 6.07) is 5.30. The van der Waals surface area contributed by atoms with Gasteiger partial charge in [0.15, 0.2) is 17.4 Å². The molecular formula is C23H28F3N7O2. The number of rotatable bonds is 2. The zero-order chi connectivity index (χ0) is 25.0. The van der Waals surface area contributed by atoms with E-state index in [-0.39, 0.29) is 43.5 Å². The van der Waals surface area contributed by atoms with E-state index in [1.54, 1.807) is 9.80 Å². The highest BCUT2D eigenvalue weighted by molar-refractivity contribution is 5.79. The van der Waals surface area contributed by atoms with E-state index in [9.17, 15) is 23.1 Å². The SMILES string of the molecule is CC1(C)CNCCN1C(=O)N1CCN2c3cc(-c4cccc(F)c4O)nnc3NCC2(C(F)F)C1. The van der Waals surface area contributed by atoms with Gasteiger partial charge in [0.2, 0.25) is 0 Å². The number of urea groups is 1. The number of alkyl halides is 2. The zero-order valence-electron chi connectivity index (χ0n) is 19.6. The normalized spacial score (nSPS) is 23.5. The van der Waals surface area contributed by atoms with Gasteiger partial charge in [-0.3, -0.25) is 0 Å². The van der Waals surface area contributed by atoms with Gasteiger partial charge in [0.05, 0.1) is 23.5 Å². The number of amides is 2. The molecule has 1 aromatic heterocycles. The molecule has 1 unspecified atom stereocenters. The quantitative estimate of drug-likeness (QED) is 0.594. The van der Waals surface area contributed by atoms with E-state index in [2.05, 4.69) is 20.8 Å². The number of aromatic hydroxyl groups is 1. The highest BCUT2D eigenvalue weighted by Gasteiger charge is 2.54. The second-order valence-electron chi connectivity index (χ2n) is 9.85. The summed E-state index contributed by atoms with van der Waals surface area (Å²) in [6.07, 6.45) is -2.77. The summed E-state index contributed by atoms with van der Waals surface area (Å²) in [4.78, 5) is 18.3. The number of nitrogens with zero attached hydrogens (tertiary/aromatic N) is 5. The molecule has 1 atom stereocenters. The fourth-order valence-electron chi connectivity index (χ4n) is 5.19. The average Bonchev–Trinajstić information content (AvgIpc) is 2.84. The van der Waals surface area contributed by atoms with Gasteiger partial charge in [-0.25, -0.2) is 18.0 Å². The summed E-state index contributed by atoms with van der Waals surface area (Å²) in [5, 5.41) is 24.5. The lowest BCUT2D eigenvalue weighted by molar-refractivity contribution is 0.0119. The Morgan fingerprint density at radius 2 is 1.97 bits per heavy atom. The molecule has 0 spiro atoms. The number of carbonyl (C=O) groups excluding carboxylic acids is 1. The molecule has 12 heteroatoms. The first-order valence-corrected chi connectivity index (χ1v) is 11.6. The molecule has 4 heterocycles. The monoisotopic (exact) mass is 491 g/mol. The molecule has 3 N–H and O–H groups in total. The summed E-state index contributed by atoms with van der Waals surface area (Å²) < 4.78 is 43.4. The van der Waals surface area contributed by atoms with Crippen LogP contribution in [0.3, 0.4) is 0 Å². The van der Waals surface area contributed by atoms with Crippen LogP contribution in [-0.4, -0.2) is 94.5 Å². The predicted octanol–water partition coefficient (Wildman–Crippen LogP) is 2.34. The van der Waals surface area contributed by atoms with E-state index in [0.717, 1.165) is 6.07 Å². The Morgan fingerprint density at radius 1 is 1.17 bits per heavy atom. The summed E-state index contributed by atoms with van der Waals surface area (Å²) in [6.45, 7) is 5.83. The molecule has 0 radical (unpaired) electrons. The molecule has 188 valence electrons. The van der Waals surface area contributed by atoms with E-state index in [0.29, 0.717) is 31.1 Å². The molecule has 2 fully saturated rings. The molecule has 3 aliphatic rings. The molecule has 1 aromatic carbocycles. The average molecular weight is 492 g/mol. The lowest BCUT2D eigenvalue weighted by Crippen LogP contribution is -2.73. The smallest absolute Gasteiger partial charge is 0.320 e. The number of hydrogen-bond donors (Lipinski definition) is 3. The lowest BCUT2D eigenvalue weighted by atomic mass is 9.90. The van der Waals surface area contributed by atoms with Crippen LogP contribution in [0.25, 0.3) is 11.3 Å². The van der Waals surface area contributed by atoms with Crippen LogP contribution in [-0.2, 0) is 0 Å².